The zero-order valence-corrected chi connectivity index (χ0v) is 31.9. The third-order valence-corrected chi connectivity index (χ3v) is 11.6. The molecule has 0 saturated heterocycles. The average molecular weight is 737 g/mol. The van der Waals surface area contributed by atoms with Gasteiger partial charge < -0.3 is 14.5 Å². The van der Waals surface area contributed by atoms with Gasteiger partial charge in [0, 0.05) is 57.6 Å². The Morgan fingerprint density at radius 3 is 1.63 bits per heavy atom. The van der Waals surface area contributed by atoms with Gasteiger partial charge in [0.05, 0.1) is 0 Å². The Labute approximate surface area is 336 Å². The second-order valence-corrected chi connectivity index (χ2v) is 15.1. The molecule has 6 aromatic rings. The van der Waals surface area contributed by atoms with Crippen LogP contribution in [-0.4, -0.2) is 6.10 Å². The molecular formula is C54H44N2O. The number of para-hydroxylation sites is 2. The molecule has 3 aliphatic carbocycles. The first kappa shape index (κ1) is 34.6. The molecule has 4 aliphatic rings. The average Bonchev–Trinajstić information content (AvgIpc) is 3.67. The second kappa shape index (κ2) is 15.4. The number of benzene rings is 6. The number of hydrogen-bond donors (Lipinski definition) is 0. The minimum Gasteiger partial charge on any atom is -0.485 e. The van der Waals surface area contributed by atoms with Crippen molar-refractivity contribution in [2.45, 2.75) is 37.2 Å². The number of allylic oxidation sites excluding steroid dienone is 10. The highest BCUT2D eigenvalue weighted by atomic mass is 16.5. The molecule has 276 valence electrons. The Bertz CT molecular complexity index is 2560. The van der Waals surface area contributed by atoms with E-state index in [4.69, 9.17) is 4.74 Å². The van der Waals surface area contributed by atoms with Gasteiger partial charge in [0.1, 0.15) is 11.9 Å². The van der Waals surface area contributed by atoms with Gasteiger partial charge in [-0.2, -0.15) is 0 Å². The van der Waals surface area contributed by atoms with Crippen molar-refractivity contribution in [1.82, 2.24) is 0 Å². The Hall–Kier alpha value is -6.84. The summed E-state index contributed by atoms with van der Waals surface area (Å²) in [6, 6.07) is 54.9. The summed E-state index contributed by atoms with van der Waals surface area (Å²) in [6.07, 6.45) is 25.7. The Morgan fingerprint density at radius 1 is 0.474 bits per heavy atom. The molecule has 0 saturated carbocycles. The van der Waals surface area contributed by atoms with Crippen molar-refractivity contribution in [2.24, 2.45) is 0 Å². The molecule has 0 spiro atoms. The predicted octanol–water partition coefficient (Wildman–Crippen LogP) is 14.5. The fraction of sp³-hybridized carbons (Fsp3) is 0.111. The largest absolute Gasteiger partial charge is 0.485 e. The Kier molecular flexibility index (Phi) is 9.33. The highest BCUT2D eigenvalue weighted by Gasteiger charge is 2.32. The van der Waals surface area contributed by atoms with Gasteiger partial charge in [0.15, 0.2) is 0 Å². The molecule has 0 bridgehead atoms. The third kappa shape index (κ3) is 6.98. The molecule has 0 fully saturated rings. The Balaban J connectivity index is 0.859. The van der Waals surface area contributed by atoms with Crippen molar-refractivity contribution in [1.29, 1.82) is 0 Å². The summed E-state index contributed by atoms with van der Waals surface area (Å²) >= 11 is 0. The minimum absolute atomic E-state index is 0.0707. The summed E-state index contributed by atoms with van der Waals surface area (Å²) in [7, 11) is 0. The number of hydrogen-bond acceptors (Lipinski definition) is 3. The van der Waals surface area contributed by atoms with E-state index >= 15 is 0 Å². The van der Waals surface area contributed by atoms with E-state index in [0.717, 1.165) is 59.1 Å². The molecule has 0 amide bonds. The topological polar surface area (TPSA) is 15.7 Å². The summed E-state index contributed by atoms with van der Waals surface area (Å²) < 4.78 is 6.40. The van der Waals surface area contributed by atoms with Crippen LogP contribution < -0.4 is 14.5 Å². The van der Waals surface area contributed by atoms with Gasteiger partial charge in [-0.1, -0.05) is 134 Å². The summed E-state index contributed by atoms with van der Waals surface area (Å²) in [4.78, 5) is 4.65. The van der Waals surface area contributed by atoms with Gasteiger partial charge in [-0.05, 0) is 120 Å². The minimum atomic E-state index is 0.0707. The lowest BCUT2D eigenvalue weighted by molar-refractivity contribution is 0.269. The second-order valence-electron chi connectivity index (χ2n) is 15.1. The molecule has 0 N–H and O–H groups in total. The summed E-state index contributed by atoms with van der Waals surface area (Å²) in [5.41, 5.74) is 14.4. The van der Waals surface area contributed by atoms with Crippen molar-refractivity contribution in [3.05, 3.63) is 235 Å². The maximum Gasteiger partial charge on any atom is 0.128 e. The van der Waals surface area contributed by atoms with Gasteiger partial charge >= 0.3 is 0 Å². The fourth-order valence-corrected chi connectivity index (χ4v) is 8.60. The molecular weight excluding hydrogens is 693 g/mol. The van der Waals surface area contributed by atoms with Crippen LogP contribution in [0.4, 0.5) is 34.1 Å². The van der Waals surface area contributed by atoms with E-state index in [-0.39, 0.29) is 12.0 Å². The number of rotatable bonds is 9. The molecule has 57 heavy (non-hydrogen) atoms. The monoisotopic (exact) mass is 736 g/mol. The van der Waals surface area contributed by atoms with Crippen molar-refractivity contribution in [2.75, 3.05) is 9.80 Å². The van der Waals surface area contributed by atoms with E-state index in [1.54, 1.807) is 0 Å². The molecule has 0 radical (unpaired) electrons. The van der Waals surface area contributed by atoms with Crippen LogP contribution in [0, 0.1) is 0 Å². The van der Waals surface area contributed by atoms with E-state index < -0.39 is 0 Å². The molecule has 1 heterocycles. The van der Waals surface area contributed by atoms with Crippen LogP contribution in [0.1, 0.15) is 53.4 Å². The normalized spacial score (nSPS) is 18.9. The maximum absolute atomic E-state index is 6.40. The maximum atomic E-state index is 6.40. The number of nitrogens with zero attached hydrogens (tertiary/aromatic N) is 2. The molecule has 0 aromatic heterocycles. The van der Waals surface area contributed by atoms with Crippen LogP contribution in [0.3, 0.4) is 0 Å². The summed E-state index contributed by atoms with van der Waals surface area (Å²) in [6.45, 7) is 0. The van der Waals surface area contributed by atoms with E-state index in [1.165, 1.54) is 33.4 Å². The van der Waals surface area contributed by atoms with Crippen LogP contribution in [-0.2, 0) is 0 Å². The lowest BCUT2D eigenvalue weighted by Gasteiger charge is -2.26. The fourth-order valence-electron chi connectivity index (χ4n) is 8.60. The predicted molar refractivity (Wildman–Crippen MR) is 239 cm³/mol. The Morgan fingerprint density at radius 2 is 1.04 bits per heavy atom. The first-order valence-corrected chi connectivity index (χ1v) is 20.2. The first-order valence-electron chi connectivity index (χ1n) is 20.2. The first-order chi connectivity index (χ1) is 28.2. The van der Waals surface area contributed by atoms with Crippen molar-refractivity contribution < 1.29 is 4.74 Å². The van der Waals surface area contributed by atoms with Gasteiger partial charge in [0.2, 0.25) is 0 Å². The summed E-state index contributed by atoms with van der Waals surface area (Å²) in [5.74, 6) is 1.57. The van der Waals surface area contributed by atoms with Crippen molar-refractivity contribution in [3.8, 4) is 5.75 Å². The van der Waals surface area contributed by atoms with Crippen molar-refractivity contribution in [3.63, 3.8) is 0 Å². The molecule has 3 nitrogen and oxygen atoms in total. The number of ether oxygens (including phenoxy) is 1. The molecule has 1 aliphatic heterocycles. The zero-order chi connectivity index (χ0) is 38.0. The van der Waals surface area contributed by atoms with E-state index in [9.17, 15) is 0 Å². The highest BCUT2D eigenvalue weighted by Crippen LogP contribution is 2.45. The van der Waals surface area contributed by atoms with Gasteiger partial charge in [-0.3, -0.25) is 0 Å². The zero-order valence-electron chi connectivity index (χ0n) is 31.9. The number of fused-ring (bicyclic) bond motifs is 3. The smallest absolute Gasteiger partial charge is 0.128 e. The molecule has 3 heteroatoms. The van der Waals surface area contributed by atoms with Crippen LogP contribution >= 0.6 is 0 Å². The van der Waals surface area contributed by atoms with Crippen molar-refractivity contribution >= 4 is 45.3 Å². The van der Waals surface area contributed by atoms with Crippen LogP contribution in [0.25, 0.3) is 11.1 Å². The van der Waals surface area contributed by atoms with Gasteiger partial charge in [0.25, 0.3) is 0 Å². The van der Waals surface area contributed by atoms with E-state index in [2.05, 4.69) is 222 Å². The molecule has 10 rings (SSSR count). The molecule has 6 aromatic carbocycles. The summed E-state index contributed by atoms with van der Waals surface area (Å²) in [5, 5.41) is 0. The molecule has 3 unspecified atom stereocenters. The van der Waals surface area contributed by atoms with Crippen LogP contribution in [0.5, 0.6) is 5.75 Å². The van der Waals surface area contributed by atoms with Crippen LogP contribution in [0.2, 0.25) is 0 Å². The number of anilines is 6. The quantitative estimate of drug-likeness (QED) is 0.147. The molecule has 3 atom stereocenters. The lowest BCUT2D eigenvalue weighted by Crippen LogP contribution is -2.15. The van der Waals surface area contributed by atoms with E-state index in [0.29, 0.717) is 5.92 Å². The van der Waals surface area contributed by atoms with Crippen LogP contribution in [0.15, 0.2) is 212 Å². The third-order valence-electron chi connectivity index (χ3n) is 11.6. The van der Waals surface area contributed by atoms with Gasteiger partial charge in [-0.25, -0.2) is 0 Å². The van der Waals surface area contributed by atoms with Gasteiger partial charge in [-0.15, -0.1) is 0 Å². The highest BCUT2D eigenvalue weighted by molar-refractivity contribution is 5.82. The van der Waals surface area contributed by atoms with E-state index in [1.807, 2.05) is 0 Å². The lowest BCUT2D eigenvalue weighted by atomic mass is 9.88. The SMILES string of the molecule is C1=CC2Oc3cc(N(c4ccccc4)c4ccc(C5=CCC(c6ccc(N(c7ccccc7)c7ccc(C8=CCCC=C8)cc7)cc6)C=C5)cc4)ccc3C2C=C1. The standard InChI is InChI=1S/C54H44N2O/c1-4-12-39(13-5-1)42-24-30-47(31-25-42)55(45-14-6-2-7-15-45)48-32-26-43(27-33-48)40-20-22-41(23-21-40)44-28-34-49(35-29-44)56(46-16-8-3-9-17-46)50-36-37-52-51-18-10-11-19-53(51)57-54(52)38-50/h2-4,6-20,22-38,40,51,53H,1,5,21H2.